The van der Waals surface area contributed by atoms with Crippen molar-refractivity contribution in [1.82, 2.24) is 0 Å². The number of ether oxygens (including phenoxy) is 1. The van der Waals surface area contributed by atoms with Gasteiger partial charge in [0, 0.05) is 16.1 Å². The van der Waals surface area contributed by atoms with E-state index in [0.717, 1.165) is 16.6 Å². The average molecular weight is 514 g/mol. The van der Waals surface area contributed by atoms with E-state index in [1.807, 2.05) is 12.1 Å². The number of hydrogen-bond donors (Lipinski definition) is 0. The number of allylic oxidation sites excluding steroid dienone is 1. The summed E-state index contributed by atoms with van der Waals surface area (Å²) in [5.74, 6) is 0.704. The van der Waals surface area contributed by atoms with Gasteiger partial charge in [0.15, 0.2) is 5.76 Å². The second-order valence-corrected chi connectivity index (χ2v) is 10.8. The van der Waals surface area contributed by atoms with Crippen LogP contribution in [-0.4, -0.2) is 5.78 Å². The molecule has 0 spiro atoms. The third-order valence-corrected chi connectivity index (χ3v) is 7.88. The number of benzene rings is 5. The maximum Gasteiger partial charge on any atom is 0.232 e. The first-order valence-corrected chi connectivity index (χ1v) is 13.1. The van der Waals surface area contributed by atoms with Crippen LogP contribution in [0.25, 0.3) is 16.8 Å². The Morgan fingerprint density at radius 3 is 2.45 bits per heavy atom. The zero-order chi connectivity index (χ0) is 26.0. The molecule has 0 radical (unpaired) electrons. The summed E-state index contributed by atoms with van der Waals surface area (Å²) < 4.78 is 5.86. The maximum absolute atomic E-state index is 12.9. The molecule has 0 aromatic heterocycles. The molecular formula is C34H24ClNO2. The molecule has 4 heteroatoms. The van der Waals surface area contributed by atoms with Gasteiger partial charge in [-0.25, -0.2) is 0 Å². The van der Waals surface area contributed by atoms with E-state index >= 15 is 0 Å². The van der Waals surface area contributed by atoms with E-state index in [-0.39, 0.29) is 11.2 Å². The summed E-state index contributed by atoms with van der Waals surface area (Å²) in [6, 6.07) is 35.0. The minimum atomic E-state index is -0.206. The molecule has 2 heterocycles. The minimum absolute atomic E-state index is 0.149. The van der Waals surface area contributed by atoms with Gasteiger partial charge in [-0.05, 0) is 82.1 Å². The number of halogens is 1. The molecule has 0 saturated heterocycles. The summed E-state index contributed by atoms with van der Waals surface area (Å²) >= 11 is 6.09. The molecule has 0 fully saturated rings. The molecule has 0 bridgehead atoms. The van der Waals surface area contributed by atoms with Gasteiger partial charge in [0.25, 0.3) is 0 Å². The van der Waals surface area contributed by atoms with Crippen molar-refractivity contribution in [3.63, 3.8) is 0 Å². The van der Waals surface area contributed by atoms with Crippen LogP contribution in [0.4, 0.5) is 17.1 Å². The first-order chi connectivity index (χ1) is 18.4. The molecule has 7 rings (SSSR count). The molecule has 0 aliphatic carbocycles. The van der Waals surface area contributed by atoms with Crippen molar-refractivity contribution in [3.8, 4) is 5.75 Å². The smallest absolute Gasteiger partial charge is 0.232 e. The molecular weight excluding hydrogens is 490 g/mol. The van der Waals surface area contributed by atoms with Gasteiger partial charge in [-0.1, -0.05) is 80.0 Å². The van der Waals surface area contributed by atoms with Crippen molar-refractivity contribution in [2.75, 3.05) is 4.90 Å². The lowest BCUT2D eigenvalue weighted by Crippen LogP contribution is -2.30. The molecule has 5 aromatic carbocycles. The van der Waals surface area contributed by atoms with Crippen LogP contribution < -0.4 is 9.64 Å². The van der Waals surface area contributed by atoms with E-state index in [1.165, 1.54) is 27.9 Å². The Morgan fingerprint density at radius 2 is 1.61 bits per heavy atom. The van der Waals surface area contributed by atoms with Gasteiger partial charge in [0.2, 0.25) is 5.78 Å². The van der Waals surface area contributed by atoms with Crippen LogP contribution in [0, 0.1) is 0 Å². The Balaban J connectivity index is 1.38. The minimum Gasteiger partial charge on any atom is -0.452 e. The van der Waals surface area contributed by atoms with E-state index in [9.17, 15) is 4.79 Å². The molecule has 0 amide bonds. The highest BCUT2D eigenvalue weighted by molar-refractivity contribution is 6.31. The second-order valence-electron chi connectivity index (χ2n) is 10.3. The fourth-order valence-electron chi connectivity index (χ4n) is 5.90. The van der Waals surface area contributed by atoms with Gasteiger partial charge in [-0.3, -0.25) is 4.79 Å². The molecule has 0 atom stereocenters. The Labute approximate surface area is 226 Å². The number of carbonyl (C=O) groups is 1. The molecule has 0 saturated carbocycles. The van der Waals surface area contributed by atoms with Crippen molar-refractivity contribution in [1.29, 1.82) is 0 Å². The summed E-state index contributed by atoms with van der Waals surface area (Å²) in [6.07, 6.45) is 1.81. The summed E-state index contributed by atoms with van der Waals surface area (Å²) in [6.45, 7) is 4.60. The summed E-state index contributed by atoms with van der Waals surface area (Å²) in [7, 11) is 0. The Kier molecular flexibility index (Phi) is 5.01. The number of Topliss-reactive ketones (excluding diaryl/α,β-unsaturated/α-hetero) is 1. The third kappa shape index (κ3) is 3.39. The number of rotatable bonds is 2. The van der Waals surface area contributed by atoms with Crippen molar-refractivity contribution < 1.29 is 9.53 Å². The topological polar surface area (TPSA) is 29.5 Å². The number of anilines is 3. The number of ketones is 1. The number of nitrogens with zero attached hydrogens (tertiary/aromatic N) is 1. The van der Waals surface area contributed by atoms with Crippen LogP contribution >= 0.6 is 11.6 Å². The van der Waals surface area contributed by atoms with Crippen molar-refractivity contribution in [2.24, 2.45) is 0 Å². The molecule has 2 aliphatic heterocycles. The van der Waals surface area contributed by atoms with E-state index < -0.39 is 0 Å². The SMILES string of the molecule is CC1(C)c2ccccc2N(c2ccccc2)c2ccc3cc(/C=C4/Oc5ccc(Cl)cc5C4=O)ccc3c21. The highest BCUT2D eigenvalue weighted by atomic mass is 35.5. The fourth-order valence-corrected chi connectivity index (χ4v) is 6.07. The molecule has 2 aliphatic rings. The van der Waals surface area contributed by atoms with Gasteiger partial charge in [0.05, 0.1) is 16.9 Å². The lowest BCUT2D eigenvalue weighted by Gasteiger charge is -2.42. The summed E-state index contributed by atoms with van der Waals surface area (Å²) in [5, 5.41) is 2.83. The van der Waals surface area contributed by atoms with Crippen LogP contribution in [0.5, 0.6) is 5.75 Å². The number of para-hydroxylation sites is 2. The Morgan fingerprint density at radius 1 is 0.816 bits per heavy atom. The van der Waals surface area contributed by atoms with Gasteiger partial charge in [0.1, 0.15) is 5.75 Å². The highest BCUT2D eigenvalue weighted by Crippen LogP contribution is 2.53. The van der Waals surface area contributed by atoms with E-state index in [2.05, 4.69) is 97.6 Å². The first-order valence-electron chi connectivity index (χ1n) is 12.7. The molecule has 5 aromatic rings. The second kappa shape index (κ2) is 8.34. The van der Waals surface area contributed by atoms with Gasteiger partial charge < -0.3 is 9.64 Å². The van der Waals surface area contributed by atoms with Crippen LogP contribution in [0.1, 0.15) is 40.9 Å². The standard InChI is InChI=1S/C34H24ClNO2/c1-34(2)27-10-6-7-11-28(27)36(24-8-4-3-5-9-24)29-16-13-22-18-21(12-15-25(22)32(29)34)19-31-33(37)26-20-23(35)14-17-30(26)38-31/h3-20H,1-2H3/b31-19+. The van der Waals surface area contributed by atoms with Gasteiger partial charge in [-0.15, -0.1) is 0 Å². The summed E-state index contributed by atoms with van der Waals surface area (Å²) in [4.78, 5) is 15.3. The maximum atomic E-state index is 12.9. The van der Waals surface area contributed by atoms with E-state index in [1.54, 1.807) is 18.2 Å². The van der Waals surface area contributed by atoms with Gasteiger partial charge in [-0.2, -0.15) is 0 Å². The Hall–Kier alpha value is -4.34. The monoisotopic (exact) mass is 513 g/mol. The van der Waals surface area contributed by atoms with Crippen molar-refractivity contribution in [3.05, 3.63) is 136 Å². The zero-order valence-corrected chi connectivity index (χ0v) is 21.8. The van der Waals surface area contributed by atoms with Crippen LogP contribution in [0.15, 0.2) is 109 Å². The largest absolute Gasteiger partial charge is 0.452 e. The molecule has 38 heavy (non-hydrogen) atoms. The van der Waals surface area contributed by atoms with E-state index in [0.29, 0.717) is 22.1 Å². The van der Waals surface area contributed by atoms with Crippen molar-refractivity contribution >= 4 is 51.3 Å². The summed E-state index contributed by atoms with van der Waals surface area (Å²) in [5.41, 5.74) is 7.29. The molecule has 0 N–H and O–H groups in total. The Bertz CT molecular complexity index is 1800. The average Bonchev–Trinajstić information content (AvgIpc) is 3.23. The van der Waals surface area contributed by atoms with Gasteiger partial charge >= 0.3 is 0 Å². The lowest BCUT2D eigenvalue weighted by atomic mass is 9.71. The van der Waals surface area contributed by atoms with Crippen LogP contribution in [0.3, 0.4) is 0 Å². The molecule has 0 unspecified atom stereocenters. The molecule has 184 valence electrons. The fraction of sp³-hybridized carbons (Fsp3) is 0.0882. The normalized spacial score (nSPS) is 16.2. The number of carbonyl (C=O) groups excluding carboxylic acids is 1. The molecule has 3 nitrogen and oxygen atoms in total. The van der Waals surface area contributed by atoms with Crippen LogP contribution in [0.2, 0.25) is 5.02 Å². The first kappa shape index (κ1) is 22.8. The third-order valence-electron chi connectivity index (χ3n) is 7.65. The number of fused-ring (bicyclic) bond motifs is 5. The zero-order valence-electron chi connectivity index (χ0n) is 21.0. The van der Waals surface area contributed by atoms with Crippen molar-refractivity contribution in [2.45, 2.75) is 19.3 Å². The number of hydrogen-bond acceptors (Lipinski definition) is 3. The highest BCUT2D eigenvalue weighted by Gasteiger charge is 2.38. The van der Waals surface area contributed by atoms with E-state index in [4.69, 9.17) is 16.3 Å². The van der Waals surface area contributed by atoms with Crippen LogP contribution in [-0.2, 0) is 5.41 Å². The predicted molar refractivity (Wildman–Crippen MR) is 155 cm³/mol. The lowest BCUT2D eigenvalue weighted by molar-refractivity contribution is 0.101. The quantitative estimate of drug-likeness (QED) is 0.220. The predicted octanol–water partition coefficient (Wildman–Crippen LogP) is 9.22.